The fourth-order valence-corrected chi connectivity index (χ4v) is 4.28. The first-order valence-corrected chi connectivity index (χ1v) is 11.3. The summed E-state index contributed by atoms with van der Waals surface area (Å²) >= 11 is 0. The Morgan fingerprint density at radius 2 is 1.64 bits per heavy atom. The topological polar surface area (TPSA) is 54.5 Å². The zero-order valence-electron chi connectivity index (χ0n) is 16.9. The molecule has 1 unspecified atom stereocenters. The molecule has 1 aliphatic rings. The molecule has 0 radical (unpaired) electrons. The molecule has 2 aromatic carbocycles. The van der Waals surface area contributed by atoms with Gasteiger partial charge in [-0.2, -0.15) is 26.3 Å². The summed E-state index contributed by atoms with van der Waals surface area (Å²) in [6, 6.07) is 8.25. The Kier molecular flexibility index (Phi) is 6.79. The van der Waals surface area contributed by atoms with Crippen LogP contribution in [-0.2, 0) is 33.8 Å². The van der Waals surface area contributed by atoms with Crippen molar-refractivity contribution in [1.29, 1.82) is 0 Å². The lowest BCUT2D eigenvalue weighted by Crippen LogP contribution is -2.38. The maximum Gasteiger partial charge on any atom is 0.497 e. The summed E-state index contributed by atoms with van der Waals surface area (Å²) in [4.78, 5) is 13.5. The first kappa shape index (κ1) is 25.0. The molecule has 4 nitrogen and oxygen atoms in total. The van der Waals surface area contributed by atoms with Crippen molar-refractivity contribution in [1.82, 2.24) is 4.90 Å². The smallest absolute Gasteiger partial charge is 0.338 e. The largest absolute Gasteiger partial charge is 0.497 e. The molecule has 0 N–H and O–H groups in total. The maximum atomic E-state index is 15.2. The van der Waals surface area contributed by atoms with Gasteiger partial charge in [-0.1, -0.05) is 30.3 Å². The van der Waals surface area contributed by atoms with Crippen molar-refractivity contribution in [2.75, 3.05) is 12.3 Å². The van der Waals surface area contributed by atoms with Crippen LogP contribution in [0, 0.1) is 0 Å². The normalized spacial score (nSPS) is 15.8. The first-order chi connectivity index (χ1) is 15.2. The number of halogens is 7. The average Bonchev–Trinajstić information content (AvgIpc) is 2.75. The SMILES string of the molecule is O=C(CCS(=O)(=O)C(F)(F)F)N1CCc2c(cccc2C(F)c2ccc(C(F)(F)F)cc2)C1. The molecular weight excluding hydrogens is 479 g/mol. The van der Waals surface area contributed by atoms with Gasteiger partial charge in [0.15, 0.2) is 6.17 Å². The molecule has 2 aromatic rings. The summed E-state index contributed by atoms with van der Waals surface area (Å²) in [5.41, 5.74) is -5.02. The number of rotatable bonds is 5. The Morgan fingerprint density at radius 1 is 1.00 bits per heavy atom. The first-order valence-electron chi connectivity index (χ1n) is 9.69. The van der Waals surface area contributed by atoms with Gasteiger partial charge in [0, 0.05) is 19.5 Å². The van der Waals surface area contributed by atoms with Crippen LogP contribution in [0.2, 0.25) is 0 Å². The van der Waals surface area contributed by atoms with E-state index in [9.17, 15) is 39.6 Å². The second-order valence-corrected chi connectivity index (χ2v) is 9.65. The highest BCUT2D eigenvalue weighted by Gasteiger charge is 2.45. The molecule has 1 atom stereocenters. The number of amides is 1. The molecule has 1 aliphatic heterocycles. The van der Waals surface area contributed by atoms with Crippen LogP contribution >= 0.6 is 0 Å². The second-order valence-electron chi connectivity index (χ2n) is 7.55. The predicted molar refractivity (Wildman–Crippen MR) is 104 cm³/mol. The number of carbonyl (C=O) groups is 1. The predicted octanol–water partition coefficient (Wildman–Crippen LogP) is 4.97. The Labute approximate surface area is 184 Å². The monoisotopic (exact) mass is 497 g/mol. The van der Waals surface area contributed by atoms with Crippen LogP contribution in [0.5, 0.6) is 0 Å². The van der Waals surface area contributed by atoms with Gasteiger partial charge in [-0.15, -0.1) is 0 Å². The summed E-state index contributed by atoms with van der Waals surface area (Å²) in [6.45, 7) is -0.0115. The van der Waals surface area contributed by atoms with Gasteiger partial charge in [-0.3, -0.25) is 4.79 Å². The van der Waals surface area contributed by atoms with Gasteiger partial charge in [-0.25, -0.2) is 12.8 Å². The van der Waals surface area contributed by atoms with E-state index in [4.69, 9.17) is 0 Å². The Bertz CT molecular complexity index is 1130. The number of sulfone groups is 1. The highest BCUT2D eigenvalue weighted by molar-refractivity contribution is 7.92. The van der Waals surface area contributed by atoms with Crippen molar-refractivity contribution in [3.8, 4) is 0 Å². The molecule has 1 amide bonds. The van der Waals surface area contributed by atoms with Gasteiger partial charge in [0.2, 0.25) is 15.7 Å². The van der Waals surface area contributed by atoms with E-state index in [1.54, 1.807) is 6.07 Å². The average molecular weight is 497 g/mol. The van der Waals surface area contributed by atoms with Crippen LogP contribution in [0.1, 0.15) is 40.4 Å². The lowest BCUT2D eigenvalue weighted by atomic mass is 9.89. The lowest BCUT2D eigenvalue weighted by molar-refractivity contribution is -0.137. The molecule has 0 fully saturated rings. The summed E-state index contributed by atoms with van der Waals surface area (Å²) in [5, 5.41) is 0. The number of nitrogens with zero attached hydrogens (tertiary/aromatic N) is 1. The molecule has 0 saturated heterocycles. The number of hydrogen-bond acceptors (Lipinski definition) is 3. The quantitative estimate of drug-likeness (QED) is 0.548. The highest BCUT2D eigenvalue weighted by atomic mass is 32.2. The number of hydrogen-bond donors (Lipinski definition) is 0. The summed E-state index contributed by atoms with van der Waals surface area (Å²) in [7, 11) is -5.42. The van der Waals surface area contributed by atoms with Gasteiger partial charge >= 0.3 is 11.7 Å². The minimum Gasteiger partial charge on any atom is -0.338 e. The van der Waals surface area contributed by atoms with Crippen LogP contribution < -0.4 is 0 Å². The summed E-state index contributed by atoms with van der Waals surface area (Å²) < 4.78 is 113. The van der Waals surface area contributed by atoms with Gasteiger partial charge < -0.3 is 4.90 Å². The Balaban J connectivity index is 1.74. The van der Waals surface area contributed by atoms with E-state index in [0.717, 1.165) is 24.3 Å². The van der Waals surface area contributed by atoms with E-state index in [2.05, 4.69) is 0 Å². The number of carbonyl (C=O) groups excluding carboxylic acids is 1. The Morgan fingerprint density at radius 3 is 2.21 bits per heavy atom. The molecule has 12 heteroatoms. The fraction of sp³-hybridized carbons (Fsp3) is 0.381. The summed E-state index contributed by atoms with van der Waals surface area (Å²) in [6.07, 6.45) is -6.95. The maximum absolute atomic E-state index is 15.2. The van der Waals surface area contributed by atoms with Gasteiger partial charge in [-0.05, 0) is 40.8 Å². The highest BCUT2D eigenvalue weighted by Crippen LogP contribution is 2.35. The molecule has 1 heterocycles. The third-order valence-corrected chi connectivity index (χ3v) is 6.84. The molecule has 0 saturated carbocycles. The molecule has 0 bridgehead atoms. The van der Waals surface area contributed by atoms with Crippen LogP contribution in [0.3, 0.4) is 0 Å². The lowest BCUT2D eigenvalue weighted by Gasteiger charge is -2.31. The molecule has 0 spiro atoms. The van der Waals surface area contributed by atoms with Crippen molar-refractivity contribution < 1.29 is 43.9 Å². The van der Waals surface area contributed by atoms with Crippen molar-refractivity contribution in [2.24, 2.45) is 0 Å². The molecule has 0 aromatic heterocycles. The number of fused-ring (bicyclic) bond motifs is 1. The zero-order chi connectivity index (χ0) is 24.6. The standard InChI is InChI=1S/C21H18F7NO3S/c22-19(13-4-6-15(7-5-13)20(23,24)25)17-3-1-2-14-12-29(10-8-16(14)17)18(30)9-11-33(31,32)21(26,27)28/h1-7,19H,8-12H2. The third kappa shape index (κ3) is 5.48. The van der Waals surface area contributed by atoms with Crippen molar-refractivity contribution in [3.63, 3.8) is 0 Å². The molecule has 0 aliphatic carbocycles. The molecular formula is C21H18F7NO3S. The molecule has 180 valence electrons. The summed E-state index contributed by atoms with van der Waals surface area (Å²) in [5.74, 6) is -2.14. The van der Waals surface area contributed by atoms with E-state index in [1.165, 1.54) is 17.0 Å². The third-order valence-electron chi connectivity index (χ3n) is 5.40. The van der Waals surface area contributed by atoms with E-state index in [-0.39, 0.29) is 30.6 Å². The minimum atomic E-state index is -5.44. The van der Waals surface area contributed by atoms with Crippen LogP contribution in [0.15, 0.2) is 42.5 Å². The number of alkyl halides is 7. The van der Waals surface area contributed by atoms with E-state index >= 15 is 4.39 Å². The fourth-order valence-electron chi connectivity index (χ4n) is 3.61. The van der Waals surface area contributed by atoms with Crippen molar-refractivity contribution >= 4 is 15.7 Å². The van der Waals surface area contributed by atoms with Crippen LogP contribution in [0.4, 0.5) is 30.7 Å². The van der Waals surface area contributed by atoms with E-state index < -0.39 is 51.3 Å². The Hall–Kier alpha value is -2.63. The van der Waals surface area contributed by atoms with Crippen molar-refractivity contribution in [2.45, 2.75) is 37.2 Å². The van der Waals surface area contributed by atoms with Crippen LogP contribution in [0.25, 0.3) is 0 Å². The van der Waals surface area contributed by atoms with E-state index in [1.807, 2.05) is 0 Å². The molecule has 3 rings (SSSR count). The van der Waals surface area contributed by atoms with E-state index in [0.29, 0.717) is 11.1 Å². The van der Waals surface area contributed by atoms with Gasteiger partial charge in [0.1, 0.15) is 0 Å². The van der Waals surface area contributed by atoms with Crippen molar-refractivity contribution in [3.05, 3.63) is 70.3 Å². The van der Waals surface area contributed by atoms with Gasteiger partial charge in [0.25, 0.3) is 0 Å². The minimum absolute atomic E-state index is 0.0206. The second kappa shape index (κ2) is 8.96. The van der Waals surface area contributed by atoms with Crippen LogP contribution in [-0.4, -0.2) is 37.0 Å². The zero-order valence-corrected chi connectivity index (χ0v) is 17.7. The molecule has 33 heavy (non-hydrogen) atoms. The van der Waals surface area contributed by atoms with Gasteiger partial charge in [0.05, 0.1) is 11.3 Å². The number of benzene rings is 2.